The molecule has 0 saturated carbocycles. The van der Waals surface area contributed by atoms with Crippen LogP contribution in [0.4, 0.5) is 4.39 Å². The van der Waals surface area contributed by atoms with Gasteiger partial charge in [-0.05, 0) is 54.4 Å². The highest BCUT2D eigenvalue weighted by Gasteiger charge is 2.33. The molecule has 2 rings (SSSR count). The van der Waals surface area contributed by atoms with Crippen molar-refractivity contribution in [1.29, 1.82) is 0 Å². The molecule has 2 atom stereocenters. The topological polar surface area (TPSA) is 52.2 Å². The lowest BCUT2D eigenvalue weighted by Gasteiger charge is -2.28. The van der Waals surface area contributed by atoms with E-state index in [0.717, 1.165) is 11.3 Å². The van der Waals surface area contributed by atoms with Gasteiger partial charge >= 0.3 is 0 Å². The maximum absolute atomic E-state index is 14.0. The second-order valence-electron chi connectivity index (χ2n) is 6.06. The minimum Gasteiger partial charge on any atom is -0.598 e. The molecule has 0 radical (unpaired) electrons. The number of nitrogens with one attached hydrogen (secondary N) is 1. The molecule has 24 heavy (non-hydrogen) atoms. The summed E-state index contributed by atoms with van der Waals surface area (Å²) in [4.78, 5) is 11.8. The van der Waals surface area contributed by atoms with Gasteiger partial charge in [0.05, 0.1) is 13.7 Å². The zero-order valence-corrected chi connectivity index (χ0v) is 17.2. The van der Waals surface area contributed by atoms with E-state index in [1.807, 2.05) is 20.8 Å². The Morgan fingerprint density at radius 1 is 1.42 bits per heavy atom. The van der Waals surface area contributed by atoms with Crippen molar-refractivity contribution >= 4 is 56.5 Å². The molecule has 1 aromatic carbocycles. The predicted octanol–water partition coefficient (Wildman–Crippen LogP) is 5.26. The molecule has 130 valence electrons. The summed E-state index contributed by atoms with van der Waals surface area (Å²) in [5.74, 6) is -0.435. The first-order chi connectivity index (χ1) is 11.1. The number of halogens is 3. The first kappa shape index (κ1) is 19.9. The quantitative estimate of drug-likeness (QED) is 0.497. The average molecular weight is 453 g/mol. The Morgan fingerprint density at radius 3 is 2.67 bits per heavy atom. The van der Waals surface area contributed by atoms with Crippen LogP contribution in [0.25, 0.3) is 0 Å². The van der Waals surface area contributed by atoms with Crippen LogP contribution in [-0.2, 0) is 11.4 Å². The molecule has 8 heteroatoms. The van der Waals surface area contributed by atoms with Gasteiger partial charge in [-0.2, -0.15) is 0 Å². The molecule has 0 spiro atoms. The normalized spacial score (nSPS) is 14.5. The number of carbonyl (C=O) groups is 1. The van der Waals surface area contributed by atoms with Crippen molar-refractivity contribution in [3.63, 3.8) is 0 Å². The van der Waals surface area contributed by atoms with Gasteiger partial charge < -0.3 is 4.55 Å². The maximum Gasteiger partial charge on any atom is 0.160 e. The highest BCUT2D eigenvalue weighted by molar-refractivity contribution is 9.10. The minimum absolute atomic E-state index is 0.257. The Labute approximate surface area is 161 Å². The lowest BCUT2D eigenvalue weighted by Crippen LogP contribution is -2.41. The molecule has 1 aromatic heterocycles. The zero-order chi connectivity index (χ0) is 18.1. The fraction of sp³-hybridized carbons (Fsp3) is 0.312. The molecule has 0 bridgehead atoms. The molecule has 3 nitrogen and oxygen atoms in total. The molecule has 2 aromatic rings. The number of hydrogen-bond acceptors (Lipinski definition) is 4. The predicted molar refractivity (Wildman–Crippen MR) is 102 cm³/mol. The summed E-state index contributed by atoms with van der Waals surface area (Å²) in [7, 11) is 0. The number of carbonyl (C=O) groups excluding carboxylic acids is 1. The van der Waals surface area contributed by atoms with Crippen LogP contribution in [-0.4, -0.2) is 15.6 Å². The average Bonchev–Trinajstić information content (AvgIpc) is 2.87. The third-order valence-electron chi connectivity index (χ3n) is 3.25. The van der Waals surface area contributed by atoms with Crippen LogP contribution in [0.1, 0.15) is 47.6 Å². The number of thiophene rings is 1. The van der Waals surface area contributed by atoms with E-state index in [2.05, 4.69) is 20.7 Å². The van der Waals surface area contributed by atoms with Gasteiger partial charge in [-0.1, -0.05) is 23.7 Å². The van der Waals surface area contributed by atoms with E-state index in [1.165, 1.54) is 6.07 Å². The minimum atomic E-state index is -1.43. The van der Waals surface area contributed by atoms with Crippen LogP contribution in [0.15, 0.2) is 28.7 Å². The summed E-state index contributed by atoms with van der Waals surface area (Å²) in [6, 6.07) is 5.61. The monoisotopic (exact) mass is 451 g/mol. The summed E-state index contributed by atoms with van der Waals surface area (Å²) in [5, 5.41) is 0. The second kappa shape index (κ2) is 7.85. The third kappa shape index (κ3) is 4.39. The molecule has 1 heterocycles. The van der Waals surface area contributed by atoms with Gasteiger partial charge in [-0.15, -0.1) is 16.1 Å². The van der Waals surface area contributed by atoms with Gasteiger partial charge in [-0.25, -0.2) is 4.39 Å². The first-order valence-electron chi connectivity index (χ1n) is 7.01. The first-order valence-corrected chi connectivity index (χ1v) is 10.1. The van der Waals surface area contributed by atoms with Crippen molar-refractivity contribution < 1.29 is 13.7 Å². The van der Waals surface area contributed by atoms with Gasteiger partial charge in [0.2, 0.25) is 0 Å². The molecular formula is C16H16BrClFNO2S2. The molecular weight excluding hydrogens is 437 g/mol. The van der Waals surface area contributed by atoms with Crippen molar-refractivity contribution in [3.8, 4) is 0 Å². The van der Waals surface area contributed by atoms with E-state index in [1.54, 1.807) is 18.2 Å². The zero-order valence-electron chi connectivity index (χ0n) is 13.2. The number of rotatable bonds is 5. The summed E-state index contributed by atoms with van der Waals surface area (Å²) >= 11 is 8.98. The Bertz CT molecular complexity index is 748. The summed E-state index contributed by atoms with van der Waals surface area (Å²) in [6.07, 6.45) is 0.702. The Balaban J connectivity index is 2.57. The van der Waals surface area contributed by atoms with E-state index in [9.17, 15) is 13.7 Å². The fourth-order valence-corrected chi connectivity index (χ4v) is 4.45. The Hall–Kier alpha value is -0.440. The van der Waals surface area contributed by atoms with Gasteiger partial charge in [0.25, 0.3) is 0 Å². The summed E-state index contributed by atoms with van der Waals surface area (Å²) < 4.78 is 29.7. The van der Waals surface area contributed by atoms with Crippen LogP contribution in [0.3, 0.4) is 0 Å². The van der Waals surface area contributed by atoms with Crippen LogP contribution in [0.5, 0.6) is 0 Å². The highest BCUT2D eigenvalue weighted by atomic mass is 79.9. The standard InChI is InChI=1S/C16H16BrClFNO2S2/c1-16(2,3)24(22)20-15(9-5-4-6-11(19)14(9)17)10-7-13(18)23-12(10)8-21/h4-8,15,20H,1-3H3/t15-,24?/m0/s1. The summed E-state index contributed by atoms with van der Waals surface area (Å²) in [5.41, 5.74) is 1.12. The van der Waals surface area contributed by atoms with Crippen LogP contribution < -0.4 is 4.72 Å². The largest absolute Gasteiger partial charge is 0.598 e. The van der Waals surface area contributed by atoms with Gasteiger partial charge in [-0.3, -0.25) is 4.79 Å². The van der Waals surface area contributed by atoms with Crippen molar-refractivity contribution in [2.24, 2.45) is 0 Å². The van der Waals surface area contributed by atoms with E-state index in [0.29, 0.717) is 26.6 Å². The van der Waals surface area contributed by atoms with Crippen molar-refractivity contribution in [1.82, 2.24) is 4.72 Å². The molecule has 0 aliphatic rings. The second-order valence-corrected chi connectivity index (χ2v) is 10.6. The fourth-order valence-electron chi connectivity index (χ4n) is 2.03. The molecule has 1 unspecified atom stereocenters. The number of aldehydes is 1. The molecule has 0 aliphatic carbocycles. The SMILES string of the molecule is CC(C)(C)[S+]([O-])N[C@H](c1cc(Cl)sc1C=O)c1cccc(F)c1Br. The van der Waals surface area contributed by atoms with E-state index in [4.69, 9.17) is 11.6 Å². The molecule has 0 amide bonds. The van der Waals surface area contributed by atoms with Crippen LogP contribution in [0.2, 0.25) is 4.34 Å². The van der Waals surface area contributed by atoms with Crippen LogP contribution >= 0.6 is 38.9 Å². The smallest absolute Gasteiger partial charge is 0.160 e. The molecule has 0 fully saturated rings. The molecule has 0 saturated heterocycles. The van der Waals surface area contributed by atoms with E-state index in [-0.39, 0.29) is 4.47 Å². The van der Waals surface area contributed by atoms with E-state index >= 15 is 0 Å². The number of hydrogen-bond donors (Lipinski definition) is 1. The highest BCUT2D eigenvalue weighted by Crippen LogP contribution is 2.37. The van der Waals surface area contributed by atoms with Crippen LogP contribution in [0, 0.1) is 5.82 Å². The van der Waals surface area contributed by atoms with Gasteiger partial charge in [0.1, 0.15) is 16.6 Å². The Morgan fingerprint density at radius 2 is 2.08 bits per heavy atom. The van der Waals surface area contributed by atoms with Gasteiger partial charge in [0.15, 0.2) is 6.29 Å². The summed E-state index contributed by atoms with van der Waals surface area (Å²) in [6.45, 7) is 5.49. The lowest BCUT2D eigenvalue weighted by atomic mass is 10.0. The number of benzene rings is 1. The van der Waals surface area contributed by atoms with Gasteiger partial charge in [0, 0.05) is 16.9 Å². The Kier molecular flexibility index (Phi) is 6.50. The maximum atomic E-state index is 14.0. The molecule has 0 aliphatic heterocycles. The van der Waals surface area contributed by atoms with Crippen molar-refractivity contribution in [3.05, 3.63) is 54.9 Å². The van der Waals surface area contributed by atoms with Crippen molar-refractivity contribution in [2.75, 3.05) is 0 Å². The van der Waals surface area contributed by atoms with Crippen molar-refractivity contribution in [2.45, 2.75) is 31.6 Å². The third-order valence-corrected chi connectivity index (χ3v) is 6.86. The lowest BCUT2D eigenvalue weighted by molar-refractivity contribution is 0.112. The molecule has 1 N–H and O–H groups in total. The van der Waals surface area contributed by atoms with E-state index < -0.39 is 28.0 Å².